The van der Waals surface area contributed by atoms with E-state index < -0.39 is 0 Å². The molecule has 1 aliphatic carbocycles. The molecule has 1 aromatic heterocycles. The molecule has 1 aliphatic rings. The average molecular weight is 198 g/mol. The SMILES string of the molecule is CC1CCc2nc3ccccc3nc2C1. The standard InChI is InChI=1S/C13H14N2/c1-9-6-7-12-13(8-9)15-11-5-3-2-4-10(11)14-12/h2-5,9H,6-8H2,1H3. The van der Waals surface area contributed by atoms with E-state index in [1.807, 2.05) is 24.3 Å². The lowest BCUT2D eigenvalue weighted by molar-refractivity contribution is 0.486. The van der Waals surface area contributed by atoms with Gasteiger partial charge in [0.05, 0.1) is 22.4 Å². The van der Waals surface area contributed by atoms with Gasteiger partial charge in [-0.05, 0) is 37.3 Å². The van der Waals surface area contributed by atoms with Crippen molar-refractivity contribution in [2.24, 2.45) is 5.92 Å². The van der Waals surface area contributed by atoms with Crippen molar-refractivity contribution in [3.8, 4) is 0 Å². The Morgan fingerprint density at radius 2 is 1.73 bits per heavy atom. The van der Waals surface area contributed by atoms with Crippen LogP contribution in [0.5, 0.6) is 0 Å². The van der Waals surface area contributed by atoms with E-state index in [9.17, 15) is 0 Å². The maximum atomic E-state index is 4.70. The number of aromatic nitrogens is 2. The van der Waals surface area contributed by atoms with Crippen molar-refractivity contribution in [3.63, 3.8) is 0 Å². The molecule has 0 fully saturated rings. The topological polar surface area (TPSA) is 25.8 Å². The van der Waals surface area contributed by atoms with E-state index in [1.165, 1.54) is 17.8 Å². The molecule has 1 aromatic carbocycles. The van der Waals surface area contributed by atoms with Crippen molar-refractivity contribution in [2.45, 2.75) is 26.2 Å². The molecular weight excluding hydrogens is 184 g/mol. The average Bonchev–Trinajstić information content (AvgIpc) is 2.26. The maximum absolute atomic E-state index is 4.70. The van der Waals surface area contributed by atoms with Crippen LogP contribution >= 0.6 is 0 Å². The Kier molecular flexibility index (Phi) is 1.94. The molecule has 1 heterocycles. The Morgan fingerprint density at radius 3 is 2.47 bits per heavy atom. The van der Waals surface area contributed by atoms with Crippen LogP contribution in [0.4, 0.5) is 0 Å². The van der Waals surface area contributed by atoms with Crippen LogP contribution in [0.25, 0.3) is 11.0 Å². The second-order valence-electron chi connectivity index (χ2n) is 4.45. The zero-order valence-electron chi connectivity index (χ0n) is 8.90. The molecule has 15 heavy (non-hydrogen) atoms. The van der Waals surface area contributed by atoms with Gasteiger partial charge in [-0.25, -0.2) is 9.97 Å². The molecular formula is C13H14N2. The van der Waals surface area contributed by atoms with Crippen molar-refractivity contribution in [1.82, 2.24) is 9.97 Å². The van der Waals surface area contributed by atoms with Crippen LogP contribution in [0.3, 0.4) is 0 Å². The molecule has 1 atom stereocenters. The number of aryl methyl sites for hydroxylation is 1. The summed E-state index contributed by atoms with van der Waals surface area (Å²) >= 11 is 0. The third-order valence-electron chi connectivity index (χ3n) is 3.14. The fraction of sp³-hybridized carbons (Fsp3) is 0.385. The highest BCUT2D eigenvalue weighted by molar-refractivity contribution is 5.74. The predicted octanol–water partition coefficient (Wildman–Crippen LogP) is 2.75. The molecule has 0 N–H and O–H groups in total. The van der Waals surface area contributed by atoms with Crippen LogP contribution in [0.15, 0.2) is 24.3 Å². The molecule has 1 unspecified atom stereocenters. The van der Waals surface area contributed by atoms with Crippen molar-refractivity contribution in [1.29, 1.82) is 0 Å². The lowest BCUT2D eigenvalue weighted by Crippen LogP contribution is -2.14. The van der Waals surface area contributed by atoms with Crippen molar-refractivity contribution in [3.05, 3.63) is 35.7 Å². The van der Waals surface area contributed by atoms with Crippen LogP contribution < -0.4 is 0 Å². The highest BCUT2D eigenvalue weighted by atomic mass is 14.8. The first-order chi connectivity index (χ1) is 7.33. The van der Waals surface area contributed by atoms with Crippen LogP contribution in [0.1, 0.15) is 24.7 Å². The molecule has 2 aromatic rings. The molecule has 0 spiro atoms. The summed E-state index contributed by atoms with van der Waals surface area (Å²) in [5.41, 5.74) is 4.50. The molecule has 0 amide bonds. The van der Waals surface area contributed by atoms with Gasteiger partial charge in [0, 0.05) is 0 Å². The monoisotopic (exact) mass is 198 g/mol. The lowest BCUT2D eigenvalue weighted by atomic mass is 9.91. The fourth-order valence-electron chi connectivity index (χ4n) is 2.25. The summed E-state index contributed by atoms with van der Waals surface area (Å²) in [7, 11) is 0. The molecule has 3 rings (SSSR count). The minimum absolute atomic E-state index is 0.757. The second-order valence-corrected chi connectivity index (χ2v) is 4.45. The molecule has 0 saturated carbocycles. The van der Waals surface area contributed by atoms with Crippen LogP contribution in [0, 0.1) is 5.92 Å². The third kappa shape index (κ3) is 1.50. The Balaban J connectivity index is 2.20. The summed E-state index contributed by atoms with van der Waals surface area (Å²) < 4.78 is 0. The lowest BCUT2D eigenvalue weighted by Gasteiger charge is -2.19. The van der Waals surface area contributed by atoms with Crippen LogP contribution in [-0.4, -0.2) is 9.97 Å². The molecule has 0 bridgehead atoms. The van der Waals surface area contributed by atoms with Gasteiger partial charge in [-0.3, -0.25) is 0 Å². The van der Waals surface area contributed by atoms with Gasteiger partial charge in [0.25, 0.3) is 0 Å². The Labute approximate surface area is 89.4 Å². The van der Waals surface area contributed by atoms with Crippen molar-refractivity contribution >= 4 is 11.0 Å². The number of rotatable bonds is 0. The Morgan fingerprint density at radius 1 is 1.07 bits per heavy atom. The maximum Gasteiger partial charge on any atom is 0.0890 e. The van der Waals surface area contributed by atoms with E-state index in [0.29, 0.717) is 0 Å². The van der Waals surface area contributed by atoms with Gasteiger partial charge < -0.3 is 0 Å². The number of hydrogen-bond acceptors (Lipinski definition) is 2. The van der Waals surface area contributed by atoms with Crippen molar-refractivity contribution in [2.75, 3.05) is 0 Å². The first-order valence-electron chi connectivity index (χ1n) is 5.57. The highest BCUT2D eigenvalue weighted by Gasteiger charge is 2.17. The quantitative estimate of drug-likeness (QED) is 0.650. The number of fused-ring (bicyclic) bond motifs is 2. The van der Waals surface area contributed by atoms with E-state index >= 15 is 0 Å². The zero-order chi connectivity index (χ0) is 10.3. The summed E-state index contributed by atoms with van der Waals surface area (Å²) in [6, 6.07) is 8.13. The molecule has 0 radical (unpaired) electrons. The summed E-state index contributed by atoms with van der Waals surface area (Å²) in [5, 5.41) is 0. The smallest absolute Gasteiger partial charge is 0.0890 e. The summed E-state index contributed by atoms with van der Waals surface area (Å²) in [5.74, 6) is 0.757. The predicted molar refractivity (Wildman–Crippen MR) is 60.7 cm³/mol. The fourth-order valence-corrected chi connectivity index (χ4v) is 2.25. The zero-order valence-corrected chi connectivity index (χ0v) is 8.90. The normalized spacial score (nSPS) is 20.2. The van der Waals surface area contributed by atoms with Crippen molar-refractivity contribution < 1.29 is 0 Å². The summed E-state index contributed by atoms with van der Waals surface area (Å²) in [6.07, 6.45) is 3.43. The van der Waals surface area contributed by atoms with E-state index in [2.05, 4.69) is 11.9 Å². The molecule has 0 saturated heterocycles. The largest absolute Gasteiger partial charge is 0.249 e. The van der Waals surface area contributed by atoms with Gasteiger partial charge in [-0.2, -0.15) is 0 Å². The molecule has 76 valence electrons. The first kappa shape index (κ1) is 8.84. The van der Waals surface area contributed by atoms with Gasteiger partial charge in [-0.15, -0.1) is 0 Å². The third-order valence-corrected chi connectivity index (χ3v) is 3.14. The van der Waals surface area contributed by atoms with E-state index in [-0.39, 0.29) is 0 Å². The second kappa shape index (κ2) is 3.30. The minimum atomic E-state index is 0.757. The van der Waals surface area contributed by atoms with E-state index in [4.69, 9.17) is 4.98 Å². The minimum Gasteiger partial charge on any atom is -0.249 e. The molecule has 0 aliphatic heterocycles. The van der Waals surface area contributed by atoms with Gasteiger partial charge in [0.1, 0.15) is 0 Å². The number of para-hydroxylation sites is 2. The number of hydrogen-bond donors (Lipinski definition) is 0. The molecule has 2 heteroatoms. The van der Waals surface area contributed by atoms with Gasteiger partial charge in [-0.1, -0.05) is 19.1 Å². The number of benzene rings is 1. The number of nitrogens with zero attached hydrogens (tertiary/aromatic N) is 2. The summed E-state index contributed by atoms with van der Waals surface area (Å²) in [6.45, 7) is 2.29. The van der Waals surface area contributed by atoms with Gasteiger partial charge in [0.2, 0.25) is 0 Å². The van der Waals surface area contributed by atoms with E-state index in [1.54, 1.807) is 0 Å². The Hall–Kier alpha value is -1.44. The Bertz CT molecular complexity index is 505. The highest BCUT2D eigenvalue weighted by Crippen LogP contribution is 2.24. The first-order valence-corrected chi connectivity index (χ1v) is 5.57. The van der Waals surface area contributed by atoms with Gasteiger partial charge >= 0.3 is 0 Å². The van der Waals surface area contributed by atoms with Crippen LogP contribution in [-0.2, 0) is 12.8 Å². The molecule has 2 nitrogen and oxygen atoms in total. The van der Waals surface area contributed by atoms with Crippen LogP contribution in [0.2, 0.25) is 0 Å². The van der Waals surface area contributed by atoms with E-state index in [0.717, 1.165) is 29.8 Å². The summed E-state index contributed by atoms with van der Waals surface area (Å²) in [4.78, 5) is 9.39. The van der Waals surface area contributed by atoms with Gasteiger partial charge in [0.15, 0.2) is 0 Å².